The van der Waals surface area contributed by atoms with Gasteiger partial charge in [0, 0.05) is 5.02 Å². The summed E-state index contributed by atoms with van der Waals surface area (Å²) in [6.07, 6.45) is -1.66. The molecule has 0 saturated heterocycles. The maximum Gasteiger partial charge on any atom is 0.279 e. The molecule has 2 atom stereocenters. The van der Waals surface area contributed by atoms with Crippen LogP contribution < -0.4 is 20.3 Å². The predicted octanol–water partition coefficient (Wildman–Crippen LogP) is 4.64. The number of hydrazine groups is 1. The van der Waals surface area contributed by atoms with Gasteiger partial charge in [-0.2, -0.15) is 0 Å². The van der Waals surface area contributed by atoms with Crippen LogP contribution in [0.4, 0.5) is 0 Å². The average molecular weight is 492 g/mol. The van der Waals surface area contributed by atoms with E-state index in [1.54, 1.807) is 38.1 Å². The Bertz CT molecular complexity index is 1080. The minimum Gasteiger partial charge on any atom is -0.481 e. The zero-order valence-corrected chi connectivity index (χ0v) is 18.7. The van der Waals surface area contributed by atoms with Gasteiger partial charge in [0.25, 0.3) is 11.8 Å². The summed E-state index contributed by atoms with van der Waals surface area (Å²) in [5.41, 5.74) is 4.70. The third kappa shape index (κ3) is 5.64. The monoisotopic (exact) mass is 490 g/mol. The number of ether oxygens (including phenoxy) is 2. The highest BCUT2D eigenvalue weighted by atomic mass is 79.9. The summed E-state index contributed by atoms with van der Waals surface area (Å²) in [5.74, 6) is 0.0211. The standard InChI is InChI=1S/C22H20BrClN2O4/c1-13(29-18-9-7-15-5-3-4-6-16(15)11-18)21(27)25-26-22(28)14(2)30-20-10-8-17(24)12-19(20)23/h3-14H,1-2H3,(H,25,27)(H,26,28). The van der Waals surface area contributed by atoms with Crippen molar-refractivity contribution in [2.75, 3.05) is 0 Å². The van der Waals surface area contributed by atoms with Crippen LogP contribution in [-0.2, 0) is 9.59 Å². The molecule has 0 spiro atoms. The number of carbonyl (C=O) groups is 2. The second kappa shape index (κ2) is 9.82. The minimum atomic E-state index is -0.848. The van der Waals surface area contributed by atoms with Crippen LogP contribution in [0.5, 0.6) is 11.5 Å². The fourth-order valence-electron chi connectivity index (χ4n) is 2.64. The molecule has 8 heteroatoms. The van der Waals surface area contributed by atoms with Gasteiger partial charge in [-0.25, -0.2) is 0 Å². The summed E-state index contributed by atoms with van der Waals surface area (Å²) >= 11 is 9.22. The van der Waals surface area contributed by atoms with E-state index in [-0.39, 0.29) is 0 Å². The SMILES string of the molecule is CC(Oc1ccc2ccccc2c1)C(=O)NNC(=O)C(C)Oc1ccc(Cl)cc1Br. The highest BCUT2D eigenvalue weighted by Crippen LogP contribution is 2.28. The quantitative estimate of drug-likeness (QED) is 0.493. The molecule has 2 unspecified atom stereocenters. The maximum absolute atomic E-state index is 12.3. The van der Waals surface area contributed by atoms with Crippen LogP contribution in [0.1, 0.15) is 13.8 Å². The van der Waals surface area contributed by atoms with Gasteiger partial charge in [0.1, 0.15) is 11.5 Å². The molecule has 0 radical (unpaired) electrons. The van der Waals surface area contributed by atoms with Crippen LogP contribution >= 0.6 is 27.5 Å². The van der Waals surface area contributed by atoms with Gasteiger partial charge in [-0.3, -0.25) is 20.4 Å². The van der Waals surface area contributed by atoms with Gasteiger partial charge in [-0.15, -0.1) is 0 Å². The summed E-state index contributed by atoms with van der Waals surface area (Å²) < 4.78 is 11.9. The Kier molecular flexibility index (Phi) is 7.18. The Labute approximate surface area is 187 Å². The van der Waals surface area contributed by atoms with Gasteiger partial charge < -0.3 is 9.47 Å². The maximum atomic E-state index is 12.3. The smallest absolute Gasteiger partial charge is 0.279 e. The molecule has 0 aliphatic rings. The van der Waals surface area contributed by atoms with Gasteiger partial charge in [-0.05, 0) is 70.9 Å². The second-order valence-electron chi connectivity index (χ2n) is 6.58. The first-order chi connectivity index (χ1) is 14.3. The normalized spacial score (nSPS) is 12.7. The van der Waals surface area contributed by atoms with E-state index >= 15 is 0 Å². The minimum absolute atomic E-state index is 0.460. The number of rotatable bonds is 6. The number of benzene rings is 3. The third-order valence-electron chi connectivity index (χ3n) is 4.28. The molecule has 0 heterocycles. The largest absolute Gasteiger partial charge is 0.481 e. The summed E-state index contributed by atoms with van der Waals surface area (Å²) in [6, 6.07) is 18.4. The van der Waals surface area contributed by atoms with Gasteiger partial charge >= 0.3 is 0 Å². The average Bonchev–Trinajstić information content (AvgIpc) is 2.73. The lowest BCUT2D eigenvalue weighted by Gasteiger charge is -2.18. The molecular formula is C22H20BrClN2O4. The van der Waals surface area contributed by atoms with E-state index in [1.165, 1.54) is 0 Å². The van der Waals surface area contributed by atoms with Crippen molar-refractivity contribution < 1.29 is 19.1 Å². The zero-order chi connectivity index (χ0) is 21.7. The number of fused-ring (bicyclic) bond motifs is 1. The van der Waals surface area contributed by atoms with Crippen molar-refractivity contribution in [3.8, 4) is 11.5 Å². The molecule has 0 fully saturated rings. The first-order valence-corrected chi connectivity index (χ1v) is 10.4. The Morgan fingerprint density at radius 1 is 0.867 bits per heavy atom. The van der Waals surface area contributed by atoms with Crippen molar-refractivity contribution in [1.29, 1.82) is 0 Å². The number of halogens is 2. The summed E-state index contributed by atoms with van der Waals surface area (Å²) in [6.45, 7) is 3.17. The summed E-state index contributed by atoms with van der Waals surface area (Å²) in [7, 11) is 0. The molecule has 156 valence electrons. The van der Waals surface area contributed by atoms with Crippen LogP contribution in [0.15, 0.2) is 65.1 Å². The molecule has 3 aromatic rings. The molecule has 2 amide bonds. The number of amides is 2. The second-order valence-corrected chi connectivity index (χ2v) is 7.87. The lowest BCUT2D eigenvalue weighted by molar-refractivity contribution is -0.135. The zero-order valence-electron chi connectivity index (χ0n) is 16.3. The van der Waals surface area contributed by atoms with Gasteiger partial charge in [0.15, 0.2) is 12.2 Å². The highest BCUT2D eigenvalue weighted by Gasteiger charge is 2.19. The summed E-state index contributed by atoms with van der Waals surface area (Å²) in [4.78, 5) is 24.5. The van der Waals surface area contributed by atoms with E-state index in [9.17, 15) is 9.59 Å². The molecule has 0 aliphatic carbocycles. The van der Waals surface area contributed by atoms with E-state index in [0.717, 1.165) is 10.8 Å². The third-order valence-corrected chi connectivity index (χ3v) is 5.13. The molecule has 3 rings (SSSR count). The van der Waals surface area contributed by atoms with Crippen LogP contribution in [0, 0.1) is 0 Å². The highest BCUT2D eigenvalue weighted by molar-refractivity contribution is 9.10. The Morgan fingerprint density at radius 2 is 1.50 bits per heavy atom. The number of carbonyl (C=O) groups excluding carboxylic acids is 2. The van der Waals surface area contributed by atoms with Gasteiger partial charge in [0.2, 0.25) is 0 Å². The topological polar surface area (TPSA) is 76.7 Å². The van der Waals surface area contributed by atoms with Gasteiger partial charge in [0.05, 0.1) is 4.47 Å². The molecule has 0 bridgehead atoms. The molecule has 0 aliphatic heterocycles. The Balaban J connectivity index is 1.51. The van der Waals surface area contributed by atoms with Crippen molar-refractivity contribution >= 4 is 50.1 Å². The fraction of sp³-hybridized carbons (Fsp3) is 0.182. The molecule has 0 saturated carbocycles. The molecule has 30 heavy (non-hydrogen) atoms. The number of hydrogen-bond donors (Lipinski definition) is 2. The lowest BCUT2D eigenvalue weighted by Crippen LogP contribution is -2.50. The van der Waals surface area contributed by atoms with Gasteiger partial charge in [-0.1, -0.05) is 41.9 Å². The van der Waals surface area contributed by atoms with E-state index < -0.39 is 24.0 Å². The molecule has 6 nitrogen and oxygen atoms in total. The Morgan fingerprint density at radius 3 is 2.17 bits per heavy atom. The molecular weight excluding hydrogens is 472 g/mol. The Hall–Kier alpha value is -2.77. The van der Waals surface area contributed by atoms with Crippen molar-refractivity contribution in [3.05, 3.63) is 70.2 Å². The fourth-order valence-corrected chi connectivity index (χ4v) is 3.42. The molecule has 3 aromatic carbocycles. The number of hydrogen-bond acceptors (Lipinski definition) is 4. The van der Waals surface area contributed by atoms with Crippen LogP contribution in [0.2, 0.25) is 5.02 Å². The first-order valence-electron chi connectivity index (χ1n) is 9.20. The molecule has 0 aromatic heterocycles. The van der Waals surface area contributed by atoms with Crippen molar-refractivity contribution in [2.24, 2.45) is 0 Å². The first kappa shape index (κ1) is 21.9. The van der Waals surface area contributed by atoms with Crippen LogP contribution in [-0.4, -0.2) is 24.0 Å². The van der Waals surface area contributed by atoms with E-state index in [2.05, 4.69) is 26.8 Å². The van der Waals surface area contributed by atoms with Crippen molar-refractivity contribution in [3.63, 3.8) is 0 Å². The van der Waals surface area contributed by atoms with Crippen LogP contribution in [0.25, 0.3) is 10.8 Å². The van der Waals surface area contributed by atoms with E-state index in [0.29, 0.717) is 21.0 Å². The van der Waals surface area contributed by atoms with E-state index in [1.807, 2.05) is 36.4 Å². The lowest BCUT2D eigenvalue weighted by atomic mass is 10.1. The summed E-state index contributed by atoms with van der Waals surface area (Å²) in [5, 5.41) is 2.63. The van der Waals surface area contributed by atoms with Crippen LogP contribution in [0.3, 0.4) is 0 Å². The van der Waals surface area contributed by atoms with Crippen molar-refractivity contribution in [2.45, 2.75) is 26.1 Å². The van der Waals surface area contributed by atoms with Crippen molar-refractivity contribution in [1.82, 2.24) is 10.9 Å². The number of nitrogens with one attached hydrogen (secondary N) is 2. The predicted molar refractivity (Wildman–Crippen MR) is 120 cm³/mol. The molecule has 2 N–H and O–H groups in total. The van der Waals surface area contributed by atoms with E-state index in [4.69, 9.17) is 21.1 Å².